The van der Waals surface area contributed by atoms with Crippen LogP contribution in [0.3, 0.4) is 0 Å². The van der Waals surface area contributed by atoms with Crippen LogP contribution in [0.25, 0.3) is 0 Å². The Morgan fingerprint density at radius 1 is 1.38 bits per heavy atom. The third-order valence-corrected chi connectivity index (χ3v) is 4.02. The van der Waals surface area contributed by atoms with E-state index in [2.05, 4.69) is 5.10 Å². The second kappa shape index (κ2) is 5.96. The van der Waals surface area contributed by atoms with Crippen LogP contribution in [0.15, 0.2) is 30.5 Å². The Morgan fingerprint density at radius 2 is 2.08 bits per heavy atom. The van der Waals surface area contributed by atoms with Crippen LogP contribution < -0.4 is 4.90 Å². The highest BCUT2D eigenvalue weighted by Crippen LogP contribution is 2.35. The summed E-state index contributed by atoms with van der Waals surface area (Å²) in [5.41, 5.74) is 0.0165. The molecule has 0 N–H and O–H groups in total. The second-order valence-electron chi connectivity index (χ2n) is 6.26. The number of anilines is 1. The number of hydrogen-bond acceptors (Lipinski definition) is 2. The largest absolute Gasteiger partial charge is 0.435 e. The lowest BCUT2D eigenvalue weighted by molar-refractivity contribution is -0.141. The minimum absolute atomic E-state index is 0.348. The topological polar surface area (TPSA) is 38.1 Å². The van der Waals surface area contributed by atoms with Crippen LogP contribution in [-0.2, 0) is 13.2 Å². The number of hydrogen-bond donors (Lipinski definition) is 0. The molecule has 1 aliphatic carbocycles. The Kier molecular flexibility index (Phi) is 4.11. The number of nitrogens with zero attached hydrogens (tertiary/aromatic N) is 3. The predicted molar refractivity (Wildman–Crippen MR) is 83.8 cm³/mol. The van der Waals surface area contributed by atoms with Crippen LogP contribution in [0.4, 0.5) is 18.9 Å². The molecule has 128 valence electrons. The molecule has 1 aromatic heterocycles. The lowest BCUT2D eigenvalue weighted by Gasteiger charge is -2.23. The van der Waals surface area contributed by atoms with Crippen molar-refractivity contribution in [3.05, 3.63) is 47.3 Å². The van der Waals surface area contributed by atoms with Crippen molar-refractivity contribution in [1.82, 2.24) is 9.78 Å². The monoisotopic (exact) mass is 337 g/mol. The van der Waals surface area contributed by atoms with Gasteiger partial charge in [0.25, 0.3) is 5.91 Å². The number of amides is 1. The third-order valence-electron chi connectivity index (χ3n) is 4.02. The van der Waals surface area contributed by atoms with E-state index in [9.17, 15) is 18.0 Å². The van der Waals surface area contributed by atoms with Gasteiger partial charge in [-0.2, -0.15) is 18.3 Å². The molecule has 0 spiro atoms. The first-order valence-electron chi connectivity index (χ1n) is 7.75. The average Bonchev–Trinajstić information content (AvgIpc) is 3.22. The first-order valence-corrected chi connectivity index (χ1v) is 7.75. The number of carbonyl (C=O) groups is 1. The van der Waals surface area contributed by atoms with Crippen LogP contribution >= 0.6 is 0 Å². The Hall–Kier alpha value is -2.31. The zero-order valence-electron chi connectivity index (χ0n) is 13.5. The molecule has 3 rings (SSSR count). The molecule has 1 aliphatic rings. The van der Waals surface area contributed by atoms with Crippen molar-refractivity contribution in [2.75, 3.05) is 11.4 Å². The van der Waals surface area contributed by atoms with Gasteiger partial charge in [0.05, 0.1) is 5.56 Å². The molecule has 0 radical (unpaired) electrons. The fourth-order valence-corrected chi connectivity index (χ4v) is 2.66. The number of aromatic nitrogens is 2. The summed E-state index contributed by atoms with van der Waals surface area (Å²) in [6.07, 6.45) is -1.53. The summed E-state index contributed by atoms with van der Waals surface area (Å²) in [7, 11) is 1.38. The fourth-order valence-electron chi connectivity index (χ4n) is 2.66. The van der Waals surface area contributed by atoms with Gasteiger partial charge in [0.1, 0.15) is 0 Å². The molecule has 0 atom stereocenters. The maximum Gasteiger partial charge on any atom is 0.435 e. The lowest BCUT2D eigenvalue weighted by Crippen LogP contribution is -2.34. The number of halogens is 3. The molecule has 4 nitrogen and oxygen atoms in total. The molecule has 1 heterocycles. The molecule has 1 saturated carbocycles. The molecule has 1 amide bonds. The first-order chi connectivity index (χ1) is 11.3. The third kappa shape index (κ3) is 3.44. The normalized spacial score (nSPS) is 14.7. The second-order valence-corrected chi connectivity index (χ2v) is 6.26. The summed E-state index contributed by atoms with van der Waals surface area (Å²) < 4.78 is 40.6. The standard InChI is InChI=1S/C17H18F3N3O/c1-11-4-3-5-13(8-11)23(9-12-6-7-12)16(24)14-10-22(2)21-15(14)17(18,19)20/h3-5,8,10,12H,6-7,9H2,1-2H3. The van der Waals surface area contributed by atoms with Crippen molar-refractivity contribution in [2.45, 2.75) is 25.9 Å². The molecular weight excluding hydrogens is 319 g/mol. The summed E-state index contributed by atoms with van der Waals surface area (Å²) in [5, 5.41) is 3.44. The molecule has 7 heteroatoms. The molecule has 24 heavy (non-hydrogen) atoms. The summed E-state index contributed by atoms with van der Waals surface area (Å²) in [6, 6.07) is 7.24. The van der Waals surface area contributed by atoms with Gasteiger partial charge < -0.3 is 4.90 Å². The molecule has 1 fully saturated rings. The average molecular weight is 337 g/mol. The molecule has 1 aromatic carbocycles. The summed E-state index contributed by atoms with van der Waals surface area (Å²) in [5.74, 6) is -0.312. The van der Waals surface area contributed by atoms with E-state index >= 15 is 0 Å². The van der Waals surface area contributed by atoms with Gasteiger partial charge >= 0.3 is 6.18 Å². The number of benzene rings is 1. The molecular formula is C17H18F3N3O. The van der Waals surface area contributed by atoms with Crippen LogP contribution in [0, 0.1) is 12.8 Å². The summed E-state index contributed by atoms with van der Waals surface area (Å²) in [4.78, 5) is 14.3. The fraction of sp³-hybridized carbons (Fsp3) is 0.412. The maximum absolute atomic E-state index is 13.2. The van der Waals surface area contributed by atoms with Crippen molar-refractivity contribution in [2.24, 2.45) is 13.0 Å². The van der Waals surface area contributed by atoms with E-state index in [-0.39, 0.29) is 0 Å². The van der Waals surface area contributed by atoms with Crippen molar-refractivity contribution < 1.29 is 18.0 Å². The minimum atomic E-state index is -4.66. The van der Waals surface area contributed by atoms with Gasteiger partial charge in [-0.05, 0) is 43.4 Å². The van der Waals surface area contributed by atoms with Gasteiger partial charge in [-0.1, -0.05) is 12.1 Å². The van der Waals surface area contributed by atoms with E-state index in [1.165, 1.54) is 11.9 Å². The highest BCUT2D eigenvalue weighted by molar-refractivity contribution is 6.07. The van der Waals surface area contributed by atoms with E-state index in [1.54, 1.807) is 12.1 Å². The SMILES string of the molecule is Cc1cccc(N(CC2CC2)C(=O)c2cn(C)nc2C(F)(F)F)c1. The van der Waals surface area contributed by atoms with Gasteiger partial charge in [0.2, 0.25) is 0 Å². The summed E-state index contributed by atoms with van der Waals surface area (Å²) >= 11 is 0. The Bertz CT molecular complexity index is 763. The van der Waals surface area contributed by atoms with E-state index in [4.69, 9.17) is 0 Å². The highest BCUT2D eigenvalue weighted by Gasteiger charge is 2.40. The van der Waals surface area contributed by atoms with Crippen LogP contribution in [0.2, 0.25) is 0 Å². The van der Waals surface area contributed by atoms with E-state index < -0.39 is 23.3 Å². The molecule has 0 bridgehead atoms. The van der Waals surface area contributed by atoms with E-state index in [0.29, 0.717) is 18.2 Å². The minimum Gasteiger partial charge on any atom is -0.308 e. The number of alkyl halides is 3. The van der Waals surface area contributed by atoms with E-state index in [0.717, 1.165) is 29.3 Å². The van der Waals surface area contributed by atoms with Crippen molar-refractivity contribution in [3.63, 3.8) is 0 Å². The van der Waals surface area contributed by atoms with Gasteiger partial charge in [-0.15, -0.1) is 0 Å². The Balaban J connectivity index is 2.00. The van der Waals surface area contributed by atoms with Gasteiger partial charge in [-0.3, -0.25) is 9.48 Å². The number of carbonyl (C=O) groups excluding carboxylic acids is 1. The van der Waals surface area contributed by atoms with Crippen molar-refractivity contribution in [1.29, 1.82) is 0 Å². The summed E-state index contributed by atoms with van der Waals surface area (Å²) in [6.45, 7) is 2.31. The first kappa shape index (κ1) is 16.5. The predicted octanol–water partition coefficient (Wildman–Crippen LogP) is 3.80. The van der Waals surface area contributed by atoms with Gasteiger partial charge in [0, 0.05) is 25.5 Å². The van der Waals surface area contributed by atoms with Crippen molar-refractivity contribution >= 4 is 11.6 Å². The highest BCUT2D eigenvalue weighted by atomic mass is 19.4. The van der Waals surface area contributed by atoms with Crippen LogP contribution in [-0.4, -0.2) is 22.2 Å². The van der Waals surface area contributed by atoms with Gasteiger partial charge in [0.15, 0.2) is 5.69 Å². The zero-order chi connectivity index (χ0) is 17.5. The maximum atomic E-state index is 13.2. The molecule has 0 unspecified atom stereocenters. The Morgan fingerprint density at radius 3 is 2.67 bits per heavy atom. The quantitative estimate of drug-likeness (QED) is 0.851. The zero-order valence-corrected chi connectivity index (χ0v) is 13.5. The Labute approximate surface area is 137 Å². The molecule has 2 aromatic rings. The van der Waals surface area contributed by atoms with Crippen LogP contribution in [0.5, 0.6) is 0 Å². The van der Waals surface area contributed by atoms with E-state index in [1.807, 2.05) is 19.1 Å². The van der Waals surface area contributed by atoms with Gasteiger partial charge in [-0.25, -0.2) is 0 Å². The number of aryl methyl sites for hydroxylation is 2. The van der Waals surface area contributed by atoms with Crippen LogP contribution in [0.1, 0.15) is 34.5 Å². The number of rotatable bonds is 4. The lowest BCUT2D eigenvalue weighted by atomic mass is 10.1. The molecule has 0 saturated heterocycles. The molecule has 0 aliphatic heterocycles. The smallest absolute Gasteiger partial charge is 0.308 e. The van der Waals surface area contributed by atoms with Crippen molar-refractivity contribution in [3.8, 4) is 0 Å².